The number of anilines is 2. The number of hydrogen-bond donors (Lipinski definition) is 3. The van der Waals surface area contributed by atoms with Crippen LogP contribution in [0.25, 0.3) is 0 Å². The molecule has 6 nitrogen and oxygen atoms in total. The number of halogens is 5. The van der Waals surface area contributed by atoms with Crippen molar-refractivity contribution in [3.63, 3.8) is 0 Å². The summed E-state index contributed by atoms with van der Waals surface area (Å²) in [6, 6.07) is 19.1. The van der Waals surface area contributed by atoms with Crippen molar-refractivity contribution in [1.82, 2.24) is 0 Å². The summed E-state index contributed by atoms with van der Waals surface area (Å²) in [6.45, 7) is 3.71. The van der Waals surface area contributed by atoms with Gasteiger partial charge in [-0.15, -0.1) is 47.3 Å². The highest BCUT2D eigenvalue weighted by molar-refractivity contribution is 9.69. The Hall–Kier alpha value is -2.96. The van der Waals surface area contributed by atoms with E-state index in [1.165, 1.54) is 25.3 Å². The lowest BCUT2D eigenvalue weighted by Gasteiger charge is -2.12. The fraction of sp³-hybridized carbons (Fsp3) is 0.172. The number of phenols is 1. The highest BCUT2D eigenvalue weighted by Crippen LogP contribution is 2.35. The number of rotatable bonds is 7. The van der Waals surface area contributed by atoms with E-state index in [1.807, 2.05) is 13.8 Å². The van der Waals surface area contributed by atoms with Gasteiger partial charge in [0.25, 0.3) is 0 Å². The molecule has 12 heteroatoms. The Balaban J connectivity index is 0.000000254. The number of ether oxygens (including phenoxy) is 3. The molecule has 0 aliphatic heterocycles. The maximum Gasteiger partial charge on any atom is 0.369 e. The zero-order valence-corrected chi connectivity index (χ0v) is 27.4. The molecule has 4 aromatic carbocycles. The van der Waals surface area contributed by atoms with Crippen LogP contribution in [-0.2, 0) is 12.8 Å². The first-order chi connectivity index (χ1) is 19.5. The average molecular weight is 759 g/mol. The summed E-state index contributed by atoms with van der Waals surface area (Å²) >= 11 is 9.31. The van der Waals surface area contributed by atoms with E-state index in [4.69, 9.17) is 25.7 Å². The first-order valence-electron chi connectivity index (χ1n) is 12.3. The topological polar surface area (TPSA) is 100.0 Å². The van der Waals surface area contributed by atoms with Crippen molar-refractivity contribution in [1.29, 1.82) is 0 Å². The third kappa shape index (κ3) is 11.4. The van der Waals surface area contributed by atoms with E-state index < -0.39 is 0 Å². The number of aromatic hydroxyl groups is 1. The van der Waals surface area contributed by atoms with Crippen LogP contribution in [0, 0.1) is 11.6 Å². The van der Waals surface area contributed by atoms with Gasteiger partial charge < -0.3 is 30.8 Å². The number of nitrogens with two attached hydrogens (primary N) is 2. The summed E-state index contributed by atoms with van der Waals surface area (Å²) in [7, 11) is 1.53. The van der Waals surface area contributed by atoms with Crippen LogP contribution in [0.4, 0.5) is 20.2 Å². The van der Waals surface area contributed by atoms with E-state index in [0.717, 1.165) is 0 Å². The minimum Gasteiger partial charge on any atom is -0.504 e. The van der Waals surface area contributed by atoms with Crippen LogP contribution in [0.15, 0.2) is 72.8 Å². The Kier molecular flexibility index (Phi) is 14.3. The fourth-order valence-electron chi connectivity index (χ4n) is 3.35. The normalized spacial score (nSPS) is 9.95. The van der Waals surface area contributed by atoms with Gasteiger partial charge in [0.15, 0.2) is 23.0 Å². The van der Waals surface area contributed by atoms with Crippen molar-refractivity contribution < 1.29 is 28.1 Å². The van der Waals surface area contributed by atoms with Gasteiger partial charge in [-0.3, -0.25) is 0 Å². The number of nitrogen functional groups attached to an aromatic ring is 2. The summed E-state index contributed by atoms with van der Waals surface area (Å²) in [5.74, 6) is 1.25. The summed E-state index contributed by atoms with van der Waals surface area (Å²) in [4.78, 5) is 0. The van der Waals surface area contributed by atoms with Gasteiger partial charge in [-0.05, 0) is 84.6 Å². The molecule has 0 unspecified atom stereocenters. The standard InChI is InChI=1S/C15H16FNO2.C14H14FNO2.BBr3/c1-3-10-8-14(18-2)15(9-13(10)16)19-12-6-4-11(17)5-7-12;1-2-9-7-13(17)14(8-12(9)15)18-11-5-3-10(16)4-6-11;2-1(3)4/h4-9H,3,17H2,1-2H3;3-8,17H,2,16H2,1H3;. The Morgan fingerprint density at radius 1 is 0.683 bits per heavy atom. The van der Waals surface area contributed by atoms with Gasteiger partial charge in [0.1, 0.15) is 23.1 Å². The van der Waals surface area contributed by atoms with E-state index in [2.05, 4.69) is 47.3 Å². The molecule has 0 saturated heterocycles. The largest absolute Gasteiger partial charge is 0.504 e. The summed E-state index contributed by atoms with van der Waals surface area (Å²) in [5, 5.41) is 9.75. The molecule has 0 atom stereocenters. The Morgan fingerprint density at radius 2 is 1.07 bits per heavy atom. The second-order valence-electron chi connectivity index (χ2n) is 8.30. The summed E-state index contributed by atoms with van der Waals surface area (Å²) < 4.78 is 43.9. The molecule has 4 rings (SSSR count). The predicted molar refractivity (Wildman–Crippen MR) is 174 cm³/mol. The zero-order chi connectivity index (χ0) is 30.5. The lowest BCUT2D eigenvalue weighted by molar-refractivity contribution is 0.375. The maximum absolute atomic E-state index is 13.8. The molecule has 0 amide bonds. The van der Waals surface area contributed by atoms with E-state index >= 15 is 0 Å². The van der Waals surface area contributed by atoms with Crippen molar-refractivity contribution in [3.05, 3.63) is 95.6 Å². The highest BCUT2D eigenvalue weighted by atomic mass is 79.9. The molecule has 4 aromatic rings. The number of benzene rings is 4. The quantitative estimate of drug-likeness (QED) is 0.128. The number of methoxy groups -OCH3 is 1. The second-order valence-corrected chi connectivity index (χ2v) is 14.7. The van der Waals surface area contributed by atoms with E-state index in [0.29, 0.717) is 58.3 Å². The number of aryl methyl sites for hydroxylation is 2. The van der Waals surface area contributed by atoms with Crippen LogP contribution >= 0.6 is 47.3 Å². The zero-order valence-electron chi connectivity index (χ0n) is 22.6. The molecule has 41 heavy (non-hydrogen) atoms. The highest BCUT2D eigenvalue weighted by Gasteiger charge is 2.12. The molecule has 0 radical (unpaired) electrons. The SMILES string of the molecule is BrB(Br)Br.CCc1cc(O)c(Oc2ccc(N)cc2)cc1F.CCc1cc(OC)c(Oc2ccc(N)cc2)cc1F. The molecule has 0 aliphatic rings. The smallest absolute Gasteiger partial charge is 0.369 e. The van der Waals surface area contributed by atoms with Crippen LogP contribution in [0.2, 0.25) is 0 Å². The first-order valence-corrected chi connectivity index (χ1v) is 15.1. The fourth-order valence-corrected chi connectivity index (χ4v) is 3.35. The molecular formula is C29H30BBr3F2N2O4. The van der Waals surface area contributed by atoms with Gasteiger partial charge >= 0.3 is 3.18 Å². The van der Waals surface area contributed by atoms with Gasteiger partial charge in [-0.2, -0.15) is 0 Å². The third-order valence-corrected chi connectivity index (χ3v) is 5.44. The minimum atomic E-state index is -0.388. The molecular weight excluding hydrogens is 729 g/mol. The van der Waals surface area contributed by atoms with Crippen molar-refractivity contribution in [2.45, 2.75) is 26.7 Å². The molecule has 5 N–H and O–H groups in total. The Labute approximate surface area is 264 Å². The number of hydrogen-bond acceptors (Lipinski definition) is 6. The van der Waals surface area contributed by atoms with Crippen molar-refractivity contribution in [2.24, 2.45) is 0 Å². The third-order valence-electron chi connectivity index (χ3n) is 5.44. The molecule has 0 saturated carbocycles. The van der Waals surface area contributed by atoms with Gasteiger partial charge in [-0.1, -0.05) is 13.8 Å². The van der Waals surface area contributed by atoms with Gasteiger partial charge in [0.05, 0.1) is 7.11 Å². The molecule has 0 fully saturated rings. The molecule has 0 heterocycles. The van der Waals surface area contributed by atoms with Crippen LogP contribution in [0.5, 0.6) is 34.5 Å². The maximum atomic E-state index is 13.8. The van der Waals surface area contributed by atoms with Gasteiger partial charge in [0, 0.05) is 23.5 Å². The lowest BCUT2D eigenvalue weighted by Crippen LogP contribution is -1.95. The molecule has 0 aromatic heterocycles. The summed E-state index contributed by atoms with van der Waals surface area (Å²) in [5.41, 5.74) is 13.5. The van der Waals surface area contributed by atoms with Crippen LogP contribution < -0.4 is 25.7 Å². The first kappa shape index (κ1) is 34.2. The number of phenolic OH excluding ortho intramolecular Hbond substituents is 1. The Bertz CT molecular complexity index is 1390. The van der Waals surface area contributed by atoms with Gasteiger partial charge in [0.2, 0.25) is 0 Å². The lowest BCUT2D eigenvalue weighted by atomic mass is 10.1. The average Bonchev–Trinajstić information content (AvgIpc) is 2.93. The monoisotopic (exact) mass is 756 g/mol. The molecule has 0 aliphatic carbocycles. The second kappa shape index (κ2) is 17.1. The van der Waals surface area contributed by atoms with Crippen molar-refractivity contribution in [3.8, 4) is 34.5 Å². The molecule has 0 bridgehead atoms. The van der Waals surface area contributed by atoms with Gasteiger partial charge in [-0.25, -0.2) is 8.78 Å². The van der Waals surface area contributed by atoms with E-state index in [-0.39, 0.29) is 26.3 Å². The van der Waals surface area contributed by atoms with Crippen molar-refractivity contribution in [2.75, 3.05) is 18.6 Å². The molecule has 218 valence electrons. The van der Waals surface area contributed by atoms with Crippen LogP contribution in [0.1, 0.15) is 25.0 Å². The summed E-state index contributed by atoms with van der Waals surface area (Å²) in [6.07, 6.45) is 1.12. The van der Waals surface area contributed by atoms with E-state index in [9.17, 15) is 13.9 Å². The van der Waals surface area contributed by atoms with Crippen molar-refractivity contribution >= 4 is 61.8 Å². The Morgan fingerprint density at radius 3 is 1.49 bits per heavy atom. The predicted octanol–water partition coefficient (Wildman–Crippen LogP) is 9.40. The van der Waals surface area contributed by atoms with Crippen LogP contribution in [0.3, 0.4) is 0 Å². The van der Waals surface area contributed by atoms with Crippen LogP contribution in [-0.4, -0.2) is 15.4 Å². The van der Waals surface area contributed by atoms with E-state index in [1.54, 1.807) is 54.6 Å². The minimum absolute atomic E-state index is 0.0786. The molecule has 0 spiro atoms.